The van der Waals surface area contributed by atoms with Gasteiger partial charge in [-0.1, -0.05) is 37.3 Å². The number of amides is 2. The van der Waals surface area contributed by atoms with Gasteiger partial charge < -0.3 is 15.2 Å². The predicted octanol–water partition coefficient (Wildman–Crippen LogP) is 4.42. The number of hydrogen-bond acceptors (Lipinski definition) is 3. The Bertz CT molecular complexity index is 1090. The molecule has 8 heteroatoms. The Morgan fingerprint density at radius 1 is 1.16 bits per heavy atom. The number of nitrogens with one attached hydrogen (secondary N) is 2. The molecule has 6 nitrogen and oxygen atoms in total. The number of likely N-dealkylation sites (tertiary alicyclic amines) is 1. The van der Waals surface area contributed by atoms with E-state index in [1.165, 1.54) is 6.07 Å². The molecule has 0 bridgehead atoms. The number of hydrogen-bond donors (Lipinski definition) is 2. The van der Waals surface area contributed by atoms with Crippen LogP contribution in [0.25, 0.3) is 11.0 Å². The normalized spacial score (nSPS) is 15.8. The lowest BCUT2D eigenvalue weighted by Gasteiger charge is -2.34. The van der Waals surface area contributed by atoms with Gasteiger partial charge in [0.1, 0.15) is 0 Å². The van der Waals surface area contributed by atoms with E-state index in [0.29, 0.717) is 42.5 Å². The zero-order valence-electron chi connectivity index (χ0n) is 17.9. The largest absolute Gasteiger partial charge is 0.349 e. The van der Waals surface area contributed by atoms with Gasteiger partial charge >= 0.3 is 0 Å². The minimum absolute atomic E-state index is 0.0440. The molecule has 0 radical (unpaired) electrons. The summed E-state index contributed by atoms with van der Waals surface area (Å²) < 4.78 is 25.7. The zero-order chi connectivity index (χ0) is 22.7. The molecule has 2 amide bonds. The number of imidazole rings is 1. The maximum absolute atomic E-state index is 13.0. The van der Waals surface area contributed by atoms with Crippen molar-refractivity contribution in [3.8, 4) is 0 Å². The van der Waals surface area contributed by atoms with E-state index < -0.39 is 12.2 Å². The number of piperidine rings is 1. The SMILES string of the molecule is CCC(C(=O)N1CCC(NC(=O)c2ccc3nc(C(F)F)[nH]c3c2)CC1)c1ccccc1. The van der Waals surface area contributed by atoms with E-state index in [-0.39, 0.29) is 23.8 Å². The Kier molecular flexibility index (Phi) is 6.48. The average Bonchev–Trinajstić information content (AvgIpc) is 3.24. The van der Waals surface area contributed by atoms with Gasteiger partial charge in [-0.25, -0.2) is 13.8 Å². The monoisotopic (exact) mass is 440 g/mol. The van der Waals surface area contributed by atoms with Gasteiger partial charge in [-0.2, -0.15) is 0 Å². The van der Waals surface area contributed by atoms with Crippen molar-refractivity contribution in [3.05, 3.63) is 65.5 Å². The molecule has 0 spiro atoms. The first kappa shape index (κ1) is 21.9. The Balaban J connectivity index is 1.35. The number of fused-ring (bicyclic) bond motifs is 1. The fourth-order valence-electron chi connectivity index (χ4n) is 4.25. The van der Waals surface area contributed by atoms with Gasteiger partial charge in [0.25, 0.3) is 12.3 Å². The average molecular weight is 440 g/mol. The standard InChI is InChI=1S/C24H26F2N4O2/c1-2-18(15-6-4-3-5-7-15)24(32)30-12-10-17(11-13-30)27-23(31)16-8-9-19-20(14-16)29-22(28-19)21(25)26/h3-9,14,17-18,21H,2,10-13H2,1H3,(H,27,31)(H,28,29). The molecule has 0 aliphatic carbocycles. The molecule has 1 atom stereocenters. The summed E-state index contributed by atoms with van der Waals surface area (Å²) >= 11 is 0. The molecule has 2 heterocycles. The van der Waals surface area contributed by atoms with Crippen LogP contribution in [0.4, 0.5) is 8.78 Å². The van der Waals surface area contributed by atoms with E-state index in [4.69, 9.17) is 0 Å². The van der Waals surface area contributed by atoms with Crippen LogP contribution in [0.1, 0.15) is 60.3 Å². The Hall–Kier alpha value is -3.29. The van der Waals surface area contributed by atoms with Crippen LogP contribution in [0.3, 0.4) is 0 Å². The molecular weight excluding hydrogens is 414 g/mol. The number of rotatable bonds is 6. The molecule has 1 aliphatic heterocycles. The maximum Gasteiger partial charge on any atom is 0.295 e. The summed E-state index contributed by atoms with van der Waals surface area (Å²) in [5.41, 5.74) is 2.21. The summed E-state index contributed by atoms with van der Waals surface area (Å²) in [5, 5.41) is 3.00. The molecule has 1 aliphatic rings. The highest BCUT2D eigenvalue weighted by Gasteiger charge is 2.29. The van der Waals surface area contributed by atoms with Crippen molar-refractivity contribution in [2.45, 2.75) is 44.6 Å². The molecule has 0 saturated carbocycles. The summed E-state index contributed by atoms with van der Waals surface area (Å²) in [4.78, 5) is 34.0. The van der Waals surface area contributed by atoms with Crippen molar-refractivity contribution < 1.29 is 18.4 Å². The second kappa shape index (κ2) is 9.46. The molecule has 32 heavy (non-hydrogen) atoms. The second-order valence-electron chi connectivity index (χ2n) is 8.10. The van der Waals surface area contributed by atoms with Gasteiger partial charge in [-0.3, -0.25) is 9.59 Å². The van der Waals surface area contributed by atoms with Crippen LogP contribution < -0.4 is 5.32 Å². The molecular formula is C24H26F2N4O2. The smallest absolute Gasteiger partial charge is 0.295 e. The highest BCUT2D eigenvalue weighted by Crippen LogP contribution is 2.25. The number of nitrogens with zero attached hydrogens (tertiary/aromatic N) is 2. The third-order valence-corrected chi connectivity index (χ3v) is 6.02. The number of alkyl halides is 2. The van der Waals surface area contributed by atoms with E-state index >= 15 is 0 Å². The lowest BCUT2D eigenvalue weighted by molar-refractivity contribution is -0.134. The lowest BCUT2D eigenvalue weighted by Crippen LogP contribution is -2.47. The molecule has 1 unspecified atom stereocenters. The van der Waals surface area contributed by atoms with Crippen LogP contribution in [0.5, 0.6) is 0 Å². The fourth-order valence-corrected chi connectivity index (χ4v) is 4.25. The highest BCUT2D eigenvalue weighted by molar-refractivity contribution is 5.97. The van der Waals surface area contributed by atoms with Crippen LogP contribution in [-0.4, -0.2) is 45.8 Å². The molecule has 1 aromatic heterocycles. The van der Waals surface area contributed by atoms with E-state index in [0.717, 1.165) is 12.0 Å². The van der Waals surface area contributed by atoms with E-state index in [9.17, 15) is 18.4 Å². The molecule has 2 N–H and O–H groups in total. The number of carbonyl (C=O) groups excluding carboxylic acids is 2. The Labute approximate surface area is 185 Å². The first-order valence-corrected chi connectivity index (χ1v) is 10.9. The number of H-pyrrole nitrogens is 1. The van der Waals surface area contributed by atoms with Crippen LogP contribution in [0.15, 0.2) is 48.5 Å². The van der Waals surface area contributed by atoms with Gasteiger partial charge in [0.15, 0.2) is 5.82 Å². The van der Waals surface area contributed by atoms with Crippen LogP contribution in [-0.2, 0) is 4.79 Å². The third kappa shape index (κ3) is 4.64. The molecule has 1 saturated heterocycles. The van der Waals surface area contributed by atoms with Crippen molar-refractivity contribution in [1.82, 2.24) is 20.2 Å². The maximum atomic E-state index is 13.0. The Morgan fingerprint density at radius 2 is 1.88 bits per heavy atom. The van der Waals surface area contributed by atoms with Crippen LogP contribution in [0, 0.1) is 0 Å². The summed E-state index contributed by atoms with van der Waals surface area (Å²) in [6, 6.07) is 14.4. The number of halogens is 2. The number of carbonyl (C=O) groups is 2. The quantitative estimate of drug-likeness (QED) is 0.596. The van der Waals surface area contributed by atoms with Crippen molar-refractivity contribution in [1.29, 1.82) is 0 Å². The minimum Gasteiger partial charge on any atom is -0.349 e. The Morgan fingerprint density at radius 3 is 2.53 bits per heavy atom. The predicted molar refractivity (Wildman–Crippen MR) is 118 cm³/mol. The van der Waals surface area contributed by atoms with Gasteiger partial charge in [0.05, 0.1) is 17.0 Å². The number of benzene rings is 2. The second-order valence-corrected chi connectivity index (χ2v) is 8.10. The summed E-state index contributed by atoms with van der Waals surface area (Å²) in [7, 11) is 0. The van der Waals surface area contributed by atoms with Crippen molar-refractivity contribution in [2.24, 2.45) is 0 Å². The first-order chi connectivity index (χ1) is 15.5. The van der Waals surface area contributed by atoms with E-state index in [2.05, 4.69) is 15.3 Å². The van der Waals surface area contributed by atoms with Gasteiger partial charge in [-0.15, -0.1) is 0 Å². The van der Waals surface area contributed by atoms with Crippen molar-refractivity contribution in [3.63, 3.8) is 0 Å². The first-order valence-electron chi connectivity index (χ1n) is 10.9. The summed E-state index contributed by atoms with van der Waals surface area (Å²) in [6.07, 6.45) is -0.612. The molecule has 4 rings (SSSR count). The molecule has 2 aromatic carbocycles. The van der Waals surface area contributed by atoms with Gasteiger partial charge in [0, 0.05) is 24.7 Å². The van der Waals surface area contributed by atoms with Crippen molar-refractivity contribution >= 4 is 22.8 Å². The van der Waals surface area contributed by atoms with E-state index in [1.54, 1.807) is 12.1 Å². The number of aromatic nitrogens is 2. The van der Waals surface area contributed by atoms with E-state index in [1.807, 2.05) is 42.2 Å². The van der Waals surface area contributed by atoms with Gasteiger partial charge in [-0.05, 0) is 43.0 Å². The zero-order valence-corrected chi connectivity index (χ0v) is 17.9. The van der Waals surface area contributed by atoms with Crippen LogP contribution >= 0.6 is 0 Å². The highest BCUT2D eigenvalue weighted by atomic mass is 19.3. The third-order valence-electron chi connectivity index (χ3n) is 6.02. The van der Waals surface area contributed by atoms with Crippen molar-refractivity contribution in [2.75, 3.05) is 13.1 Å². The fraction of sp³-hybridized carbons (Fsp3) is 0.375. The molecule has 168 valence electrons. The number of aromatic amines is 1. The lowest BCUT2D eigenvalue weighted by atomic mass is 9.93. The van der Waals surface area contributed by atoms with Gasteiger partial charge in [0.2, 0.25) is 5.91 Å². The molecule has 3 aromatic rings. The topological polar surface area (TPSA) is 78.1 Å². The summed E-state index contributed by atoms with van der Waals surface area (Å²) in [5.74, 6) is -0.694. The summed E-state index contributed by atoms with van der Waals surface area (Å²) in [6.45, 7) is 3.19. The van der Waals surface area contributed by atoms with Crippen LogP contribution in [0.2, 0.25) is 0 Å². The molecule has 1 fully saturated rings. The minimum atomic E-state index is -2.69.